The number of carbonyl (C=O) groups excluding carboxylic acids is 1. The Labute approximate surface area is 134 Å². The van der Waals surface area contributed by atoms with Gasteiger partial charge in [-0.3, -0.25) is 14.9 Å². The first-order valence-electron chi connectivity index (χ1n) is 7.42. The van der Waals surface area contributed by atoms with E-state index < -0.39 is 0 Å². The number of anilines is 1. The Hall–Kier alpha value is -2.48. The molecule has 0 unspecified atom stereocenters. The first kappa shape index (κ1) is 15.4. The molecule has 2 aromatic heterocycles. The second kappa shape index (κ2) is 6.33. The lowest BCUT2D eigenvalue weighted by Crippen LogP contribution is -2.33. The number of methoxy groups -OCH3 is 1. The van der Waals surface area contributed by atoms with Crippen molar-refractivity contribution in [2.75, 3.05) is 32.6 Å². The molecule has 1 saturated heterocycles. The van der Waals surface area contributed by atoms with Gasteiger partial charge in [0, 0.05) is 46.1 Å². The highest BCUT2D eigenvalue weighted by Gasteiger charge is 2.38. The minimum absolute atomic E-state index is 0.0221. The molecule has 8 heteroatoms. The largest absolute Gasteiger partial charge is 0.380 e. The number of nitrogens with zero attached hydrogens (tertiary/aromatic N) is 5. The van der Waals surface area contributed by atoms with E-state index in [1.165, 1.54) is 6.33 Å². The van der Waals surface area contributed by atoms with E-state index in [1.807, 2.05) is 25.1 Å². The van der Waals surface area contributed by atoms with Crippen LogP contribution in [0.4, 0.5) is 5.69 Å². The predicted molar refractivity (Wildman–Crippen MR) is 84.1 cm³/mol. The molecule has 0 spiro atoms. The van der Waals surface area contributed by atoms with Gasteiger partial charge >= 0.3 is 0 Å². The number of likely N-dealkylation sites (tertiary alicyclic amines) is 1. The van der Waals surface area contributed by atoms with Gasteiger partial charge in [-0.2, -0.15) is 5.10 Å². The summed E-state index contributed by atoms with van der Waals surface area (Å²) < 4.78 is 5.43. The summed E-state index contributed by atoms with van der Waals surface area (Å²) >= 11 is 0. The molecule has 0 aliphatic carbocycles. The lowest BCUT2D eigenvalue weighted by atomic mass is 10.2. The topological polar surface area (TPSA) is 87.2 Å². The number of aromatic nitrogens is 4. The fourth-order valence-corrected chi connectivity index (χ4v) is 2.79. The molecule has 23 heavy (non-hydrogen) atoms. The van der Waals surface area contributed by atoms with Crippen molar-refractivity contribution in [3.8, 4) is 0 Å². The molecule has 2 atom stereocenters. The monoisotopic (exact) mass is 316 g/mol. The van der Waals surface area contributed by atoms with E-state index in [0.29, 0.717) is 24.5 Å². The van der Waals surface area contributed by atoms with Gasteiger partial charge in [0.15, 0.2) is 0 Å². The number of H-pyrrole nitrogens is 1. The summed E-state index contributed by atoms with van der Waals surface area (Å²) in [6.45, 7) is 0.509. The fraction of sp³-hybridized carbons (Fsp3) is 0.467. The van der Waals surface area contributed by atoms with Crippen molar-refractivity contribution in [1.29, 1.82) is 0 Å². The second-order valence-electron chi connectivity index (χ2n) is 5.73. The van der Waals surface area contributed by atoms with E-state index in [9.17, 15) is 4.79 Å². The van der Waals surface area contributed by atoms with Gasteiger partial charge in [0.1, 0.15) is 17.8 Å². The van der Waals surface area contributed by atoms with Crippen molar-refractivity contribution in [2.45, 2.75) is 18.6 Å². The lowest BCUT2D eigenvalue weighted by molar-refractivity contribution is 0.0679. The molecule has 1 N–H and O–H groups in total. The molecule has 2 aromatic rings. The molecule has 1 aliphatic rings. The van der Waals surface area contributed by atoms with Gasteiger partial charge in [-0.1, -0.05) is 0 Å². The van der Waals surface area contributed by atoms with Gasteiger partial charge in [0.2, 0.25) is 0 Å². The molecule has 3 rings (SSSR count). The van der Waals surface area contributed by atoms with Crippen molar-refractivity contribution in [3.05, 3.63) is 36.2 Å². The van der Waals surface area contributed by atoms with Crippen LogP contribution in [0, 0.1) is 0 Å². The van der Waals surface area contributed by atoms with Crippen LogP contribution in [0.25, 0.3) is 0 Å². The molecular weight excluding hydrogens is 296 g/mol. The maximum atomic E-state index is 12.9. The molecular formula is C15H20N6O2. The third-order valence-corrected chi connectivity index (χ3v) is 4.09. The summed E-state index contributed by atoms with van der Waals surface area (Å²) in [5.41, 5.74) is 1.35. The standard InChI is InChI=1S/C15H20N6O2/c1-20(2)10-4-5-16-12(6-10)15(22)21-8-11(23-3)7-13(21)14-17-9-18-19-14/h4-6,9,11,13H,7-8H2,1-3H3,(H,17,18,19)/t11-,13+/m1/s1. The summed E-state index contributed by atoms with van der Waals surface area (Å²) in [5, 5.41) is 6.73. The van der Waals surface area contributed by atoms with Crippen LogP contribution in [0.15, 0.2) is 24.7 Å². The van der Waals surface area contributed by atoms with Crippen LogP contribution >= 0.6 is 0 Å². The highest BCUT2D eigenvalue weighted by molar-refractivity contribution is 5.93. The molecule has 3 heterocycles. The summed E-state index contributed by atoms with van der Waals surface area (Å²) in [6, 6.07) is 3.48. The van der Waals surface area contributed by atoms with E-state index in [4.69, 9.17) is 4.74 Å². The van der Waals surface area contributed by atoms with Crippen molar-refractivity contribution in [1.82, 2.24) is 25.1 Å². The van der Waals surface area contributed by atoms with E-state index in [2.05, 4.69) is 20.2 Å². The van der Waals surface area contributed by atoms with Crippen molar-refractivity contribution in [3.63, 3.8) is 0 Å². The third-order valence-electron chi connectivity index (χ3n) is 4.09. The number of nitrogens with one attached hydrogen (secondary N) is 1. The Kier molecular flexibility index (Phi) is 4.24. The van der Waals surface area contributed by atoms with Crippen LogP contribution in [0.3, 0.4) is 0 Å². The summed E-state index contributed by atoms with van der Waals surface area (Å²) in [4.78, 5) is 25.0. The normalized spacial score (nSPS) is 20.7. The van der Waals surface area contributed by atoms with Gasteiger partial charge in [-0.25, -0.2) is 4.98 Å². The van der Waals surface area contributed by atoms with Crippen LogP contribution in [-0.2, 0) is 4.74 Å². The van der Waals surface area contributed by atoms with Crippen LogP contribution in [0.2, 0.25) is 0 Å². The van der Waals surface area contributed by atoms with E-state index >= 15 is 0 Å². The molecule has 1 aliphatic heterocycles. The first-order valence-corrected chi connectivity index (χ1v) is 7.42. The molecule has 0 bridgehead atoms. The number of hydrogen-bond donors (Lipinski definition) is 1. The number of carbonyl (C=O) groups is 1. The molecule has 8 nitrogen and oxygen atoms in total. The van der Waals surface area contributed by atoms with Crippen molar-refractivity contribution < 1.29 is 9.53 Å². The number of hydrogen-bond acceptors (Lipinski definition) is 6. The Bertz CT molecular complexity index is 672. The van der Waals surface area contributed by atoms with Crippen LogP contribution < -0.4 is 4.90 Å². The smallest absolute Gasteiger partial charge is 0.273 e. The average Bonchev–Trinajstić information content (AvgIpc) is 3.23. The van der Waals surface area contributed by atoms with E-state index in [1.54, 1.807) is 24.3 Å². The minimum Gasteiger partial charge on any atom is -0.380 e. The Morgan fingerprint density at radius 1 is 1.43 bits per heavy atom. The zero-order valence-electron chi connectivity index (χ0n) is 13.4. The van der Waals surface area contributed by atoms with E-state index in [0.717, 1.165) is 5.69 Å². The molecule has 0 saturated carbocycles. The zero-order valence-corrected chi connectivity index (χ0v) is 13.4. The highest BCUT2D eigenvalue weighted by Crippen LogP contribution is 2.32. The predicted octanol–water partition coefficient (Wildman–Crippen LogP) is 0.868. The van der Waals surface area contributed by atoms with Gasteiger partial charge in [-0.15, -0.1) is 0 Å². The second-order valence-corrected chi connectivity index (χ2v) is 5.73. The summed E-state index contributed by atoms with van der Waals surface area (Å²) in [7, 11) is 5.51. The van der Waals surface area contributed by atoms with Gasteiger partial charge in [0.05, 0.1) is 12.1 Å². The molecule has 122 valence electrons. The SMILES string of the molecule is CO[C@@H]1C[C@@H](c2ncn[nH]2)N(C(=O)c2cc(N(C)C)ccn2)C1. The molecule has 0 radical (unpaired) electrons. The number of ether oxygens (including phenoxy) is 1. The average molecular weight is 316 g/mol. The Balaban J connectivity index is 1.88. The molecule has 1 amide bonds. The Morgan fingerprint density at radius 2 is 2.26 bits per heavy atom. The Morgan fingerprint density at radius 3 is 2.91 bits per heavy atom. The van der Waals surface area contributed by atoms with Crippen molar-refractivity contribution in [2.24, 2.45) is 0 Å². The summed E-state index contributed by atoms with van der Waals surface area (Å²) in [5.74, 6) is 0.538. The molecule has 1 fully saturated rings. The van der Waals surface area contributed by atoms with Gasteiger partial charge in [0.25, 0.3) is 5.91 Å². The number of amides is 1. The quantitative estimate of drug-likeness (QED) is 0.900. The summed E-state index contributed by atoms with van der Waals surface area (Å²) in [6.07, 6.45) is 3.76. The maximum Gasteiger partial charge on any atom is 0.273 e. The highest BCUT2D eigenvalue weighted by atomic mass is 16.5. The van der Waals surface area contributed by atoms with Gasteiger partial charge < -0.3 is 14.5 Å². The number of rotatable bonds is 4. The van der Waals surface area contributed by atoms with Crippen molar-refractivity contribution >= 4 is 11.6 Å². The van der Waals surface area contributed by atoms with E-state index in [-0.39, 0.29) is 18.1 Å². The first-order chi connectivity index (χ1) is 11.1. The maximum absolute atomic E-state index is 12.9. The number of aromatic amines is 1. The third kappa shape index (κ3) is 3.02. The zero-order chi connectivity index (χ0) is 16.4. The molecule has 0 aromatic carbocycles. The van der Waals surface area contributed by atoms with Gasteiger partial charge in [-0.05, 0) is 12.1 Å². The van der Waals surface area contributed by atoms with Crippen LogP contribution in [0.5, 0.6) is 0 Å². The number of pyridine rings is 1. The fourth-order valence-electron chi connectivity index (χ4n) is 2.79. The lowest BCUT2D eigenvalue weighted by Gasteiger charge is -2.22. The van der Waals surface area contributed by atoms with Crippen LogP contribution in [-0.4, -0.2) is 64.8 Å². The van der Waals surface area contributed by atoms with Crippen LogP contribution in [0.1, 0.15) is 28.8 Å². The minimum atomic E-state index is -0.181.